The number of phenols is 1. The molecule has 1 aliphatic carbocycles. The molecule has 0 aliphatic heterocycles. The van der Waals surface area contributed by atoms with Crippen molar-refractivity contribution in [2.24, 2.45) is 0 Å². The molecule has 2 N–H and O–H groups in total. The van der Waals surface area contributed by atoms with E-state index in [1.807, 2.05) is 6.07 Å². The second-order valence-electron chi connectivity index (χ2n) is 5.49. The molecule has 0 spiro atoms. The summed E-state index contributed by atoms with van der Waals surface area (Å²) in [5, 5.41) is 19.9. The van der Waals surface area contributed by atoms with E-state index in [9.17, 15) is 15.0 Å². The molecule has 104 valence electrons. The minimum absolute atomic E-state index is 0.0762. The molecule has 0 unspecified atom stereocenters. The first-order valence-corrected chi connectivity index (χ1v) is 6.73. The molecule has 1 aliphatic rings. The van der Waals surface area contributed by atoms with Gasteiger partial charge < -0.3 is 15.1 Å². The molecule has 4 nitrogen and oxygen atoms in total. The summed E-state index contributed by atoms with van der Waals surface area (Å²) in [6.07, 6.45) is 3.59. The summed E-state index contributed by atoms with van der Waals surface area (Å²) in [7, 11) is 1.70. The zero-order chi connectivity index (χ0) is 13.9. The summed E-state index contributed by atoms with van der Waals surface area (Å²) >= 11 is 0. The molecule has 1 amide bonds. The van der Waals surface area contributed by atoms with Crippen molar-refractivity contribution in [2.45, 2.75) is 44.2 Å². The van der Waals surface area contributed by atoms with Crippen LogP contribution in [0.15, 0.2) is 24.3 Å². The van der Waals surface area contributed by atoms with Crippen molar-refractivity contribution in [3.8, 4) is 5.75 Å². The number of carbonyl (C=O) groups excluding carboxylic acids is 1. The predicted molar refractivity (Wildman–Crippen MR) is 72.6 cm³/mol. The number of carbonyl (C=O) groups is 1. The number of nitrogens with zero attached hydrogens (tertiary/aromatic N) is 1. The monoisotopic (exact) mass is 263 g/mol. The predicted octanol–water partition coefficient (Wildman–Crippen LogP) is 2.05. The van der Waals surface area contributed by atoms with Gasteiger partial charge in [-0.3, -0.25) is 4.79 Å². The Morgan fingerprint density at radius 2 is 1.95 bits per heavy atom. The SMILES string of the molecule is CN(Cc1ccccc1O)C(=O)CC1(O)CCCC1. The van der Waals surface area contributed by atoms with Crippen LogP contribution in [0.4, 0.5) is 0 Å². The van der Waals surface area contributed by atoms with Crippen molar-refractivity contribution in [3.05, 3.63) is 29.8 Å². The largest absolute Gasteiger partial charge is 0.508 e. The molecule has 1 aromatic carbocycles. The standard InChI is InChI=1S/C15H21NO3/c1-16(11-12-6-2-3-7-13(12)17)14(18)10-15(19)8-4-5-9-15/h2-3,6-7,17,19H,4-5,8-11H2,1H3. The normalized spacial score (nSPS) is 17.4. The highest BCUT2D eigenvalue weighted by Gasteiger charge is 2.34. The number of benzene rings is 1. The van der Waals surface area contributed by atoms with Gasteiger partial charge in [0.25, 0.3) is 0 Å². The van der Waals surface area contributed by atoms with Gasteiger partial charge in [-0.15, -0.1) is 0 Å². The molecular formula is C15H21NO3. The van der Waals surface area contributed by atoms with Gasteiger partial charge in [-0.05, 0) is 18.9 Å². The minimum atomic E-state index is -0.815. The molecular weight excluding hydrogens is 242 g/mol. The lowest BCUT2D eigenvalue weighted by Crippen LogP contribution is -2.35. The van der Waals surface area contributed by atoms with E-state index in [0.29, 0.717) is 19.4 Å². The van der Waals surface area contributed by atoms with Gasteiger partial charge in [-0.1, -0.05) is 31.0 Å². The molecule has 0 saturated heterocycles. The van der Waals surface area contributed by atoms with E-state index in [2.05, 4.69) is 0 Å². The van der Waals surface area contributed by atoms with Crippen LogP contribution in [-0.2, 0) is 11.3 Å². The molecule has 0 heterocycles. The van der Waals surface area contributed by atoms with Gasteiger partial charge in [-0.2, -0.15) is 0 Å². The number of hydrogen-bond donors (Lipinski definition) is 2. The van der Waals surface area contributed by atoms with Gasteiger partial charge in [0.15, 0.2) is 0 Å². The van der Waals surface area contributed by atoms with Gasteiger partial charge in [0.2, 0.25) is 5.91 Å². The van der Waals surface area contributed by atoms with Crippen molar-refractivity contribution >= 4 is 5.91 Å². The van der Waals surface area contributed by atoms with E-state index in [0.717, 1.165) is 18.4 Å². The van der Waals surface area contributed by atoms with Crippen LogP contribution in [0.5, 0.6) is 5.75 Å². The van der Waals surface area contributed by atoms with E-state index in [-0.39, 0.29) is 18.1 Å². The van der Waals surface area contributed by atoms with Crippen LogP contribution in [0.25, 0.3) is 0 Å². The van der Waals surface area contributed by atoms with Gasteiger partial charge in [0.05, 0.1) is 12.0 Å². The molecule has 19 heavy (non-hydrogen) atoms. The molecule has 0 bridgehead atoms. The number of phenolic OH excluding ortho intramolecular Hbond substituents is 1. The second-order valence-corrected chi connectivity index (χ2v) is 5.49. The van der Waals surface area contributed by atoms with E-state index in [1.165, 1.54) is 0 Å². The quantitative estimate of drug-likeness (QED) is 0.874. The number of aromatic hydroxyl groups is 1. The molecule has 1 fully saturated rings. The smallest absolute Gasteiger partial charge is 0.225 e. The molecule has 1 aromatic rings. The van der Waals surface area contributed by atoms with E-state index < -0.39 is 5.60 Å². The highest BCUT2D eigenvalue weighted by atomic mass is 16.3. The molecule has 4 heteroatoms. The van der Waals surface area contributed by atoms with Gasteiger partial charge in [-0.25, -0.2) is 0 Å². The molecule has 0 radical (unpaired) electrons. The van der Waals surface area contributed by atoms with Crippen LogP contribution in [0, 0.1) is 0 Å². The Labute approximate surface area is 113 Å². The van der Waals surface area contributed by atoms with Crippen molar-refractivity contribution in [1.29, 1.82) is 0 Å². The summed E-state index contributed by atoms with van der Waals surface area (Å²) < 4.78 is 0. The highest BCUT2D eigenvalue weighted by molar-refractivity contribution is 5.77. The lowest BCUT2D eigenvalue weighted by atomic mass is 9.97. The van der Waals surface area contributed by atoms with Crippen LogP contribution in [-0.4, -0.2) is 33.7 Å². The maximum atomic E-state index is 12.1. The Kier molecular flexibility index (Phi) is 4.10. The van der Waals surface area contributed by atoms with Crippen LogP contribution in [0.2, 0.25) is 0 Å². The number of rotatable bonds is 4. The fourth-order valence-electron chi connectivity index (χ4n) is 2.61. The van der Waals surface area contributed by atoms with Gasteiger partial charge in [0.1, 0.15) is 5.75 Å². The van der Waals surface area contributed by atoms with E-state index >= 15 is 0 Å². The average Bonchev–Trinajstić information content (AvgIpc) is 2.78. The lowest BCUT2D eigenvalue weighted by molar-refractivity contribution is -0.135. The van der Waals surface area contributed by atoms with Crippen molar-refractivity contribution in [2.75, 3.05) is 7.05 Å². The number of aliphatic hydroxyl groups is 1. The summed E-state index contributed by atoms with van der Waals surface area (Å²) in [6.45, 7) is 0.363. The fraction of sp³-hybridized carbons (Fsp3) is 0.533. The Balaban J connectivity index is 1.94. The number of hydrogen-bond acceptors (Lipinski definition) is 3. The third kappa shape index (κ3) is 3.47. The second kappa shape index (κ2) is 5.61. The molecule has 1 saturated carbocycles. The van der Waals surface area contributed by atoms with Gasteiger partial charge >= 0.3 is 0 Å². The first-order chi connectivity index (χ1) is 9.00. The first-order valence-electron chi connectivity index (χ1n) is 6.73. The Hall–Kier alpha value is -1.55. The average molecular weight is 263 g/mol. The lowest BCUT2D eigenvalue weighted by Gasteiger charge is -2.25. The number of amides is 1. The maximum absolute atomic E-state index is 12.1. The van der Waals surface area contributed by atoms with Crippen molar-refractivity contribution < 1.29 is 15.0 Å². The van der Waals surface area contributed by atoms with Crippen molar-refractivity contribution in [3.63, 3.8) is 0 Å². The Morgan fingerprint density at radius 3 is 2.58 bits per heavy atom. The van der Waals surface area contributed by atoms with Crippen molar-refractivity contribution in [1.82, 2.24) is 4.90 Å². The molecule has 0 atom stereocenters. The first kappa shape index (κ1) is 13.9. The summed E-state index contributed by atoms with van der Waals surface area (Å²) in [5.74, 6) is 0.120. The third-order valence-electron chi connectivity index (χ3n) is 3.84. The molecule has 0 aromatic heterocycles. The summed E-state index contributed by atoms with van der Waals surface area (Å²) in [6, 6.07) is 6.99. The zero-order valence-electron chi connectivity index (χ0n) is 11.3. The fourth-order valence-corrected chi connectivity index (χ4v) is 2.61. The van der Waals surface area contributed by atoms with Crippen LogP contribution in [0.3, 0.4) is 0 Å². The highest BCUT2D eigenvalue weighted by Crippen LogP contribution is 2.32. The summed E-state index contributed by atoms with van der Waals surface area (Å²) in [5.41, 5.74) is -0.0962. The Bertz CT molecular complexity index is 452. The van der Waals surface area contributed by atoms with Crippen LogP contribution >= 0.6 is 0 Å². The minimum Gasteiger partial charge on any atom is -0.508 e. The topological polar surface area (TPSA) is 60.8 Å². The zero-order valence-corrected chi connectivity index (χ0v) is 11.3. The Morgan fingerprint density at radius 1 is 1.32 bits per heavy atom. The van der Waals surface area contributed by atoms with Gasteiger partial charge in [0, 0.05) is 19.2 Å². The summed E-state index contributed by atoms with van der Waals surface area (Å²) in [4.78, 5) is 13.7. The van der Waals surface area contributed by atoms with Crippen LogP contribution in [0.1, 0.15) is 37.7 Å². The molecule has 2 rings (SSSR count). The van der Waals surface area contributed by atoms with E-state index in [4.69, 9.17) is 0 Å². The number of para-hydroxylation sites is 1. The van der Waals surface area contributed by atoms with Crippen LogP contribution < -0.4 is 0 Å². The maximum Gasteiger partial charge on any atom is 0.225 e. The third-order valence-corrected chi connectivity index (χ3v) is 3.84. The van der Waals surface area contributed by atoms with E-state index in [1.54, 1.807) is 30.1 Å².